The molecule has 9 nitrogen and oxygen atoms in total. The molecule has 10 heteroatoms. The van der Waals surface area contributed by atoms with Crippen LogP contribution in [0, 0.1) is 5.92 Å². The van der Waals surface area contributed by atoms with Gasteiger partial charge in [0, 0.05) is 56.6 Å². The van der Waals surface area contributed by atoms with Crippen molar-refractivity contribution in [2.24, 2.45) is 5.92 Å². The van der Waals surface area contributed by atoms with E-state index in [1.165, 1.54) is 6.42 Å². The van der Waals surface area contributed by atoms with E-state index in [9.17, 15) is 0 Å². The minimum atomic E-state index is 0.103. The smallest absolute Gasteiger partial charge is 0.0826 e. The van der Waals surface area contributed by atoms with E-state index in [0.717, 1.165) is 105 Å². The maximum absolute atomic E-state index is 5.99. The topological polar surface area (TPSA) is 88.3 Å². The molecule has 0 aliphatic carbocycles. The summed E-state index contributed by atoms with van der Waals surface area (Å²) < 4.78 is 23.0. The number of thiol groups is 1. The van der Waals surface area contributed by atoms with Gasteiger partial charge in [0.15, 0.2) is 0 Å². The first-order valence-electron chi connectivity index (χ1n) is 15.4. The maximum atomic E-state index is 5.99. The molecule has 0 aromatic carbocycles. The molecule has 4 N–H and O–H groups in total. The van der Waals surface area contributed by atoms with Gasteiger partial charge in [0.2, 0.25) is 0 Å². The van der Waals surface area contributed by atoms with Gasteiger partial charge < -0.3 is 40.2 Å². The number of nitrogens with zero attached hydrogens (tertiary/aromatic N) is 1. The highest BCUT2D eigenvalue weighted by Crippen LogP contribution is 2.16. The van der Waals surface area contributed by atoms with Crippen LogP contribution >= 0.6 is 12.6 Å². The quantitative estimate of drug-likeness (QED) is 0.0744. The highest BCUT2D eigenvalue weighted by Gasteiger charge is 2.21. The van der Waals surface area contributed by atoms with Crippen LogP contribution in [0.2, 0.25) is 0 Å². The normalized spacial score (nSPS) is 18.5. The molecule has 1 fully saturated rings. The second-order valence-corrected chi connectivity index (χ2v) is 12.4. The van der Waals surface area contributed by atoms with Crippen molar-refractivity contribution < 1.29 is 18.9 Å². The molecule has 1 aliphatic rings. The standard InChI is InChI=1S/C29H63N5O4S/c1-6-30-11-16-35-19-14-34-15-20-38-28(25-34)24-32-23-26(2)7-9-29(4,5)33-13-18-37-22-21-36-17-12-31-10-8-27(3)39/h26-28,30-33,39H,6-25H2,1-5H3. The third-order valence-corrected chi connectivity index (χ3v) is 7.22. The van der Waals surface area contributed by atoms with Crippen molar-refractivity contribution >= 4 is 12.6 Å². The molecule has 3 unspecified atom stereocenters. The van der Waals surface area contributed by atoms with Crippen LogP contribution in [0.25, 0.3) is 0 Å². The van der Waals surface area contributed by atoms with Crippen molar-refractivity contribution in [3.8, 4) is 0 Å². The van der Waals surface area contributed by atoms with Crippen LogP contribution in [-0.4, -0.2) is 133 Å². The fourth-order valence-electron chi connectivity index (χ4n) is 4.38. The summed E-state index contributed by atoms with van der Waals surface area (Å²) in [5.74, 6) is 0.625. The van der Waals surface area contributed by atoms with Gasteiger partial charge in [0.05, 0.1) is 52.4 Å². The second-order valence-electron chi connectivity index (χ2n) is 11.5. The van der Waals surface area contributed by atoms with Crippen LogP contribution < -0.4 is 21.3 Å². The fraction of sp³-hybridized carbons (Fsp3) is 1.00. The zero-order valence-electron chi connectivity index (χ0n) is 25.9. The molecule has 0 spiro atoms. The lowest BCUT2D eigenvalue weighted by Gasteiger charge is -2.33. The first kappa shape index (κ1) is 37.0. The van der Waals surface area contributed by atoms with E-state index < -0.39 is 0 Å². The van der Waals surface area contributed by atoms with Gasteiger partial charge in [0.25, 0.3) is 0 Å². The van der Waals surface area contributed by atoms with Crippen molar-refractivity contribution in [3.63, 3.8) is 0 Å². The van der Waals surface area contributed by atoms with Crippen LogP contribution in [0.4, 0.5) is 0 Å². The number of ether oxygens (including phenoxy) is 4. The van der Waals surface area contributed by atoms with Gasteiger partial charge in [0.1, 0.15) is 0 Å². The van der Waals surface area contributed by atoms with Crippen LogP contribution in [-0.2, 0) is 18.9 Å². The lowest BCUT2D eigenvalue weighted by atomic mass is 9.93. The van der Waals surface area contributed by atoms with E-state index in [-0.39, 0.29) is 11.6 Å². The number of hydrogen-bond acceptors (Lipinski definition) is 10. The molecule has 1 heterocycles. The van der Waals surface area contributed by atoms with E-state index in [2.05, 4.69) is 73.4 Å². The Kier molecular flexibility index (Phi) is 23.3. The largest absolute Gasteiger partial charge is 0.379 e. The summed E-state index contributed by atoms with van der Waals surface area (Å²) in [6.07, 6.45) is 3.67. The second kappa shape index (κ2) is 24.6. The Hall–Kier alpha value is -0.0100. The van der Waals surface area contributed by atoms with E-state index in [1.54, 1.807) is 0 Å². The predicted molar refractivity (Wildman–Crippen MR) is 166 cm³/mol. The molecule has 0 bridgehead atoms. The molecular weight excluding hydrogens is 514 g/mol. The van der Waals surface area contributed by atoms with E-state index >= 15 is 0 Å². The average Bonchev–Trinajstić information content (AvgIpc) is 2.90. The summed E-state index contributed by atoms with van der Waals surface area (Å²) in [6.45, 7) is 25.8. The number of hydrogen-bond donors (Lipinski definition) is 5. The summed E-state index contributed by atoms with van der Waals surface area (Å²) >= 11 is 4.38. The van der Waals surface area contributed by atoms with Crippen molar-refractivity contribution in [2.45, 2.75) is 70.8 Å². The highest BCUT2D eigenvalue weighted by molar-refractivity contribution is 7.80. The van der Waals surface area contributed by atoms with Crippen LogP contribution in [0.5, 0.6) is 0 Å². The van der Waals surface area contributed by atoms with Gasteiger partial charge in [-0.2, -0.15) is 12.6 Å². The predicted octanol–water partition coefficient (Wildman–Crippen LogP) is 2.02. The average molecular weight is 578 g/mol. The molecule has 0 radical (unpaired) electrons. The zero-order valence-corrected chi connectivity index (χ0v) is 26.8. The number of nitrogens with one attached hydrogen (secondary N) is 4. The molecule has 0 aromatic heterocycles. The van der Waals surface area contributed by atoms with Gasteiger partial charge in [-0.3, -0.25) is 4.90 Å². The van der Waals surface area contributed by atoms with Crippen molar-refractivity contribution in [2.75, 3.05) is 112 Å². The molecule has 0 amide bonds. The van der Waals surface area contributed by atoms with Gasteiger partial charge in [-0.05, 0) is 58.7 Å². The summed E-state index contributed by atoms with van der Waals surface area (Å²) in [5.41, 5.74) is 0.103. The Balaban J connectivity index is 1.98. The van der Waals surface area contributed by atoms with Crippen molar-refractivity contribution in [1.82, 2.24) is 26.2 Å². The molecule has 3 atom stereocenters. The Labute approximate surface area is 246 Å². The SMILES string of the molecule is CCNCCOCCN1CCOC(CNCC(C)CCC(C)(C)NCCOCCOCCNCCC(C)S)C1. The summed E-state index contributed by atoms with van der Waals surface area (Å²) in [5, 5.41) is 14.4. The van der Waals surface area contributed by atoms with Crippen LogP contribution in [0.3, 0.4) is 0 Å². The van der Waals surface area contributed by atoms with E-state index in [0.29, 0.717) is 31.0 Å². The highest BCUT2D eigenvalue weighted by atomic mass is 32.1. The molecule has 1 saturated heterocycles. The zero-order chi connectivity index (χ0) is 28.6. The maximum Gasteiger partial charge on any atom is 0.0826 e. The Morgan fingerprint density at radius 1 is 0.897 bits per heavy atom. The summed E-state index contributed by atoms with van der Waals surface area (Å²) in [6, 6.07) is 0. The van der Waals surface area contributed by atoms with E-state index in [4.69, 9.17) is 18.9 Å². The molecule has 1 aliphatic heterocycles. The van der Waals surface area contributed by atoms with E-state index in [1.807, 2.05) is 0 Å². The third kappa shape index (κ3) is 23.3. The Bertz CT molecular complexity index is 548. The van der Waals surface area contributed by atoms with Crippen molar-refractivity contribution in [1.29, 1.82) is 0 Å². The number of morpholine rings is 1. The number of rotatable bonds is 27. The molecule has 234 valence electrons. The number of likely N-dealkylation sites (N-methyl/N-ethyl adjacent to an activating group) is 1. The monoisotopic (exact) mass is 577 g/mol. The molecule has 1 rings (SSSR count). The Morgan fingerprint density at radius 2 is 1.59 bits per heavy atom. The van der Waals surface area contributed by atoms with Crippen LogP contribution in [0.1, 0.15) is 53.9 Å². The lowest BCUT2D eigenvalue weighted by molar-refractivity contribution is -0.0349. The van der Waals surface area contributed by atoms with Gasteiger partial charge in [-0.25, -0.2) is 0 Å². The lowest BCUT2D eigenvalue weighted by Crippen LogP contribution is -2.48. The first-order chi connectivity index (χ1) is 18.8. The summed E-state index contributed by atoms with van der Waals surface area (Å²) in [4.78, 5) is 2.46. The summed E-state index contributed by atoms with van der Waals surface area (Å²) in [7, 11) is 0. The fourth-order valence-corrected chi connectivity index (χ4v) is 4.51. The molecular formula is C29H63N5O4S. The molecule has 0 aromatic rings. The van der Waals surface area contributed by atoms with Gasteiger partial charge in [-0.1, -0.05) is 20.8 Å². The van der Waals surface area contributed by atoms with Crippen LogP contribution in [0.15, 0.2) is 0 Å². The molecule has 0 saturated carbocycles. The molecule has 39 heavy (non-hydrogen) atoms. The Morgan fingerprint density at radius 3 is 2.31 bits per heavy atom. The minimum Gasteiger partial charge on any atom is -0.379 e. The van der Waals surface area contributed by atoms with Crippen molar-refractivity contribution in [3.05, 3.63) is 0 Å². The minimum absolute atomic E-state index is 0.103. The van der Waals surface area contributed by atoms with Gasteiger partial charge >= 0.3 is 0 Å². The van der Waals surface area contributed by atoms with Gasteiger partial charge in [-0.15, -0.1) is 0 Å². The third-order valence-electron chi connectivity index (χ3n) is 6.96. The first-order valence-corrected chi connectivity index (χ1v) is 16.0.